The number of alkyl halides is 3. The number of anilines is 1. The van der Waals surface area contributed by atoms with Gasteiger partial charge in [0, 0.05) is 0 Å². The average molecular weight is 246 g/mol. The van der Waals surface area contributed by atoms with Gasteiger partial charge < -0.3 is 16.2 Å². The van der Waals surface area contributed by atoms with Gasteiger partial charge in [-0.05, 0) is 6.07 Å². The van der Waals surface area contributed by atoms with E-state index in [1.54, 1.807) is 0 Å². The Hall–Kier alpha value is -2.50. The number of pyridine rings is 1. The zero-order valence-corrected chi connectivity index (χ0v) is 8.08. The van der Waals surface area contributed by atoms with E-state index in [1.807, 2.05) is 0 Å². The standard InChI is InChI=1S/C8H5F3N4O2/c9-8(10,11)17-5-4(7(14)16)1-3(2-12)15-6(5)13/h1H,(H2,13,15)(H2,14,16). The lowest BCUT2D eigenvalue weighted by molar-refractivity contribution is -0.274. The van der Waals surface area contributed by atoms with Crippen LogP contribution in [0.1, 0.15) is 16.1 Å². The molecule has 4 N–H and O–H groups in total. The number of carbonyl (C=O) groups excluding carboxylic acids is 1. The van der Waals surface area contributed by atoms with E-state index >= 15 is 0 Å². The van der Waals surface area contributed by atoms with Crippen LogP contribution in [-0.4, -0.2) is 17.3 Å². The van der Waals surface area contributed by atoms with Crippen LogP contribution in [0.15, 0.2) is 6.07 Å². The Bertz CT molecular complexity index is 507. The Labute approximate surface area is 92.6 Å². The molecule has 0 atom stereocenters. The third-order valence-corrected chi connectivity index (χ3v) is 1.60. The van der Waals surface area contributed by atoms with E-state index in [0.29, 0.717) is 0 Å². The van der Waals surface area contributed by atoms with Crippen LogP contribution in [0, 0.1) is 11.3 Å². The molecule has 0 spiro atoms. The largest absolute Gasteiger partial charge is 0.573 e. The Balaban J connectivity index is 3.38. The number of nitrogens with zero attached hydrogens (tertiary/aromatic N) is 2. The monoisotopic (exact) mass is 246 g/mol. The van der Waals surface area contributed by atoms with Crippen LogP contribution in [0.3, 0.4) is 0 Å². The predicted molar refractivity (Wildman–Crippen MR) is 48.6 cm³/mol. The van der Waals surface area contributed by atoms with Crippen molar-refractivity contribution in [2.75, 3.05) is 5.73 Å². The zero-order chi connectivity index (χ0) is 13.2. The zero-order valence-electron chi connectivity index (χ0n) is 8.08. The molecule has 0 unspecified atom stereocenters. The molecule has 1 heterocycles. The van der Waals surface area contributed by atoms with E-state index in [0.717, 1.165) is 6.07 Å². The number of ether oxygens (including phenoxy) is 1. The molecule has 1 aromatic heterocycles. The normalized spacial score (nSPS) is 10.7. The number of aromatic nitrogens is 1. The molecule has 9 heteroatoms. The van der Waals surface area contributed by atoms with Crippen molar-refractivity contribution in [3.8, 4) is 11.8 Å². The highest BCUT2D eigenvalue weighted by Crippen LogP contribution is 2.31. The summed E-state index contributed by atoms with van der Waals surface area (Å²) in [6.45, 7) is 0. The highest BCUT2D eigenvalue weighted by molar-refractivity contribution is 5.97. The van der Waals surface area contributed by atoms with Crippen molar-refractivity contribution in [1.29, 1.82) is 5.26 Å². The summed E-state index contributed by atoms with van der Waals surface area (Å²) in [5.41, 5.74) is 8.99. The molecule has 6 nitrogen and oxygen atoms in total. The molecule has 1 rings (SSSR count). The predicted octanol–water partition coefficient (Wildman–Crippen LogP) is 0.533. The van der Waals surface area contributed by atoms with Crippen LogP contribution in [0.4, 0.5) is 19.0 Å². The van der Waals surface area contributed by atoms with Crippen molar-refractivity contribution in [2.24, 2.45) is 5.73 Å². The molecule has 1 aromatic rings. The Morgan fingerprint density at radius 2 is 2.12 bits per heavy atom. The number of hydrogen-bond acceptors (Lipinski definition) is 5. The highest BCUT2D eigenvalue weighted by Gasteiger charge is 2.34. The van der Waals surface area contributed by atoms with E-state index in [9.17, 15) is 18.0 Å². The van der Waals surface area contributed by atoms with Gasteiger partial charge in [0.2, 0.25) is 0 Å². The summed E-state index contributed by atoms with van der Waals surface area (Å²) in [5, 5.41) is 8.51. The number of nitrogens with two attached hydrogens (primary N) is 2. The van der Waals surface area contributed by atoms with Crippen molar-refractivity contribution < 1.29 is 22.7 Å². The number of amides is 1. The summed E-state index contributed by atoms with van der Waals surface area (Å²) >= 11 is 0. The minimum Gasteiger partial charge on any atom is -0.401 e. The van der Waals surface area contributed by atoms with E-state index in [4.69, 9.17) is 16.7 Å². The first kappa shape index (κ1) is 12.6. The van der Waals surface area contributed by atoms with Gasteiger partial charge in [0.1, 0.15) is 11.8 Å². The second-order valence-corrected chi connectivity index (χ2v) is 2.79. The number of halogens is 3. The minimum atomic E-state index is -5.05. The van der Waals surface area contributed by atoms with Crippen molar-refractivity contribution in [1.82, 2.24) is 4.98 Å². The van der Waals surface area contributed by atoms with Gasteiger partial charge in [-0.2, -0.15) is 5.26 Å². The number of rotatable bonds is 2. The number of hydrogen-bond donors (Lipinski definition) is 2. The number of nitrogen functional groups attached to an aromatic ring is 1. The maximum Gasteiger partial charge on any atom is 0.573 e. The van der Waals surface area contributed by atoms with E-state index in [-0.39, 0.29) is 5.69 Å². The molecule has 1 amide bonds. The summed E-state index contributed by atoms with van der Waals surface area (Å²) in [7, 11) is 0. The molecule has 0 saturated carbocycles. The lowest BCUT2D eigenvalue weighted by Gasteiger charge is -2.13. The molecule has 90 valence electrons. The topological polar surface area (TPSA) is 115 Å². The van der Waals surface area contributed by atoms with Gasteiger partial charge in [-0.25, -0.2) is 4.98 Å². The maximum absolute atomic E-state index is 12.0. The second kappa shape index (κ2) is 4.17. The van der Waals surface area contributed by atoms with E-state index in [1.165, 1.54) is 6.07 Å². The fourth-order valence-corrected chi connectivity index (χ4v) is 1.02. The van der Waals surface area contributed by atoms with E-state index in [2.05, 4.69) is 9.72 Å². The smallest absolute Gasteiger partial charge is 0.401 e. The lowest BCUT2D eigenvalue weighted by atomic mass is 10.2. The fourth-order valence-electron chi connectivity index (χ4n) is 1.02. The molecule has 0 bridgehead atoms. The van der Waals surface area contributed by atoms with Gasteiger partial charge in [0.15, 0.2) is 11.6 Å². The third-order valence-electron chi connectivity index (χ3n) is 1.60. The molecule has 0 aliphatic rings. The summed E-state index contributed by atoms with van der Waals surface area (Å²) in [5.74, 6) is -2.96. The molecule has 0 saturated heterocycles. The molecule has 0 aromatic carbocycles. The molecule has 0 aliphatic heterocycles. The van der Waals surface area contributed by atoms with Crippen molar-refractivity contribution in [3.05, 3.63) is 17.3 Å². The Kier molecular flexibility index (Phi) is 3.08. The molecule has 0 fully saturated rings. The first-order valence-corrected chi connectivity index (χ1v) is 4.00. The number of nitriles is 1. The quantitative estimate of drug-likeness (QED) is 0.789. The van der Waals surface area contributed by atoms with Crippen molar-refractivity contribution in [3.63, 3.8) is 0 Å². The first-order chi connectivity index (χ1) is 7.74. The van der Waals surface area contributed by atoms with Crippen LogP contribution in [-0.2, 0) is 0 Å². The minimum absolute atomic E-state index is 0.342. The highest BCUT2D eigenvalue weighted by atomic mass is 19.4. The van der Waals surface area contributed by atoms with Gasteiger partial charge in [-0.15, -0.1) is 13.2 Å². The van der Waals surface area contributed by atoms with Crippen LogP contribution in [0.5, 0.6) is 5.75 Å². The molecule has 0 aliphatic carbocycles. The summed E-state index contributed by atoms with van der Waals surface area (Å²) in [6, 6.07) is 2.28. The fraction of sp³-hybridized carbons (Fsp3) is 0.125. The SMILES string of the molecule is N#Cc1cc(C(N)=O)c(OC(F)(F)F)c(N)n1. The van der Waals surface area contributed by atoms with Crippen LogP contribution in [0.2, 0.25) is 0 Å². The summed E-state index contributed by atoms with van der Waals surface area (Å²) in [4.78, 5) is 14.2. The Morgan fingerprint density at radius 1 is 1.53 bits per heavy atom. The van der Waals surface area contributed by atoms with Crippen LogP contribution >= 0.6 is 0 Å². The number of primary amides is 1. The number of carbonyl (C=O) groups is 1. The molecule has 17 heavy (non-hydrogen) atoms. The van der Waals surface area contributed by atoms with Crippen LogP contribution < -0.4 is 16.2 Å². The van der Waals surface area contributed by atoms with Gasteiger partial charge >= 0.3 is 6.36 Å². The van der Waals surface area contributed by atoms with Crippen molar-refractivity contribution in [2.45, 2.75) is 6.36 Å². The average Bonchev–Trinajstić information content (AvgIpc) is 2.18. The first-order valence-electron chi connectivity index (χ1n) is 4.00. The van der Waals surface area contributed by atoms with Gasteiger partial charge in [-0.1, -0.05) is 0 Å². The van der Waals surface area contributed by atoms with Crippen molar-refractivity contribution >= 4 is 11.7 Å². The third kappa shape index (κ3) is 2.97. The molecular formula is C8H5F3N4O2. The van der Waals surface area contributed by atoms with Gasteiger partial charge in [0.05, 0.1) is 5.56 Å². The molecule has 0 radical (unpaired) electrons. The van der Waals surface area contributed by atoms with E-state index < -0.39 is 29.4 Å². The van der Waals surface area contributed by atoms with Gasteiger partial charge in [0.25, 0.3) is 5.91 Å². The molecular weight excluding hydrogens is 241 g/mol. The maximum atomic E-state index is 12.0. The summed E-state index contributed by atoms with van der Waals surface area (Å²) in [6.07, 6.45) is -5.05. The lowest BCUT2D eigenvalue weighted by Crippen LogP contribution is -2.22. The summed E-state index contributed by atoms with van der Waals surface area (Å²) < 4.78 is 39.6. The Morgan fingerprint density at radius 3 is 2.53 bits per heavy atom. The second-order valence-electron chi connectivity index (χ2n) is 2.79. The van der Waals surface area contributed by atoms with Crippen LogP contribution in [0.25, 0.3) is 0 Å². The van der Waals surface area contributed by atoms with Gasteiger partial charge in [-0.3, -0.25) is 4.79 Å².